The predicted octanol–water partition coefficient (Wildman–Crippen LogP) is 1.52. The number of fused-ring (bicyclic) bond motifs is 1. The third-order valence-corrected chi connectivity index (χ3v) is 3.13. The molecule has 6 nitrogen and oxygen atoms in total. The van der Waals surface area contributed by atoms with Gasteiger partial charge in [0.05, 0.1) is 10.4 Å². The fraction of sp³-hybridized carbons (Fsp3) is 0.0909. The van der Waals surface area contributed by atoms with Crippen LogP contribution in [0.1, 0.15) is 0 Å². The Morgan fingerprint density at radius 3 is 2.19 bits per heavy atom. The number of primary sulfonamides is 1. The third-order valence-electron chi connectivity index (χ3n) is 2.16. The maximum Gasteiger partial charge on any atom is 0.490 e. The van der Waals surface area contributed by atoms with E-state index in [-0.39, 0.29) is 4.90 Å². The number of halogens is 3. The Morgan fingerprint density at radius 2 is 1.71 bits per heavy atom. The Kier molecular flexibility index (Phi) is 4.86. The van der Waals surface area contributed by atoms with Gasteiger partial charge in [-0.3, -0.25) is 4.98 Å². The Bertz CT molecular complexity index is 754. The molecule has 0 amide bonds. The highest BCUT2D eigenvalue weighted by atomic mass is 32.2. The number of rotatable bonds is 1. The van der Waals surface area contributed by atoms with Gasteiger partial charge in [-0.1, -0.05) is 18.2 Å². The molecule has 114 valence electrons. The lowest BCUT2D eigenvalue weighted by Crippen LogP contribution is -2.21. The highest BCUT2D eigenvalue weighted by Crippen LogP contribution is 2.19. The molecular formula is C11H9F3N2O4S. The Hall–Kier alpha value is -2.20. The number of benzene rings is 1. The van der Waals surface area contributed by atoms with Crippen molar-refractivity contribution >= 4 is 26.9 Å². The summed E-state index contributed by atoms with van der Waals surface area (Å²) in [6.45, 7) is 0. The summed E-state index contributed by atoms with van der Waals surface area (Å²) in [7, 11) is -3.67. The average Bonchev–Trinajstić information content (AvgIpc) is 2.36. The number of sulfonamides is 1. The first-order valence-electron chi connectivity index (χ1n) is 5.20. The molecule has 0 fully saturated rings. The van der Waals surface area contributed by atoms with Gasteiger partial charge in [0.1, 0.15) is 0 Å². The van der Waals surface area contributed by atoms with Gasteiger partial charge in [0.25, 0.3) is 0 Å². The van der Waals surface area contributed by atoms with E-state index in [0.717, 1.165) is 0 Å². The van der Waals surface area contributed by atoms with E-state index in [1.54, 1.807) is 24.3 Å². The summed E-state index contributed by atoms with van der Waals surface area (Å²) in [6.07, 6.45) is -3.65. The largest absolute Gasteiger partial charge is 0.490 e. The summed E-state index contributed by atoms with van der Waals surface area (Å²) in [5.74, 6) is -2.76. The Balaban J connectivity index is 0.000000270. The lowest BCUT2D eigenvalue weighted by atomic mass is 10.2. The number of carboxylic acid groups (broad SMARTS) is 1. The van der Waals surface area contributed by atoms with Crippen molar-refractivity contribution in [1.29, 1.82) is 0 Å². The SMILES string of the molecule is NS(=O)(=O)c1ccnc2ccccc12.O=C(O)C(F)(F)F. The van der Waals surface area contributed by atoms with E-state index in [1.165, 1.54) is 12.3 Å². The molecule has 0 saturated carbocycles. The first kappa shape index (κ1) is 16.9. The maximum atomic E-state index is 11.2. The smallest absolute Gasteiger partial charge is 0.475 e. The van der Waals surface area contributed by atoms with Crippen molar-refractivity contribution in [1.82, 2.24) is 4.98 Å². The highest BCUT2D eigenvalue weighted by molar-refractivity contribution is 7.89. The summed E-state index contributed by atoms with van der Waals surface area (Å²) in [5, 5.41) is 12.7. The molecule has 21 heavy (non-hydrogen) atoms. The molecule has 0 aliphatic carbocycles. The molecule has 1 aromatic carbocycles. The third kappa shape index (κ3) is 4.68. The van der Waals surface area contributed by atoms with Gasteiger partial charge < -0.3 is 5.11 Å². The summed E-state index contributed by atoms with van der Waals surface area (Å²) in [4.78, 5) is 13.0. The second-order valence-corrected chi connectivity index (χ2v) is 5.20. The summed E-state index contributed by atoms with van der Waals surface area (Å²) in [6, 6.07) is 8.37. The minimum Gasteiger partial charge on any atom is -0.475 e. The van der Waals surface area contributed by atoms with Crippen molar-refractivity contribution < 1.29 is 31.5 Å². The van der Waals surface area contributed by atoms with E-state index in [9.17, 15) is 21.6 Å². The first-order chi connectivity index (χ1) is 9.53. The molecule has 3 N–H and O–H groups in total. The molecule has 1 aromatic heterocycles. The van der Waals surface area contributed by atoms with Crippen molar-refractivity contribution in [3.05, 3.63) is 36.5 Å². The predicted molar refractivity (Wildman–Crippen MR) is 66.8 cm³/mol. The number of nitrogens with zero attached hydrogens (tertiary/aromatic N) is 1. The van der Waals surface area contributed by atoms with Gasteiger partial charge in [-0.15, -0.1) is 0 Å². The standard InChI is InChI=1S/C9H8N2O2S.C2HF3O2/c10-14(12,13)9-5-6-11-8-4-2-1-3-7(8)9;3-2(4,5)1(6)7/h1-6H,(H2,10,12,13);(H,6,7). The van der Waals surface area contributed by atoms with Gasteiger partial charge in [-0.2, -0.15) is 13.2 Å². The van der Waals surface area contributed by atoms with E-state index in [0.29, 0.717) is 10.9 Å². The maximum absolute atomic E-state index is 11.2. The van der Waals surface area contributed by atoms with Gasteiger partial charge in [0.15, 0.2) is 0 Å². The van der Waals surface area contributed by atoms with E-state index < -0.39 is 22.2 Å². The van der Waals surface area contributed by atoms with Crippen LogP contribution in [0, 0.1) is 0 Å². The number of alkyl halides is 3. The molecular weight excluding hydrogens is 313 g/mol. The molecule has 2 aromatic rings. The van der Waals surface area contributed by atoms with Gasteiger partial charge in [0, 0.05) is 11.6 Å². The van der Waals surface area contributed by atoms with Gasteiger partial charge in [0.2, 0.25) is 10.0 Å². The molecule has 1 heterocycles. The van der Waals surface area contributed by atoms with Crippen LogP contribution in [0.25, 0.3) is 10.9 Å². The minimum absolute atomic E-state index is 0.114. The van der Waals surface area contributed by atoms with Crippen molar-refractivity contribution in [3.8, 4) is 0 Å². The Morgan fingerprint density at radius 1 is 1.19 bits per heavy atom. The second-order valence-electron chi connectivity index (χ2n) is 3.67. The van der Waals surface area contributed by atoms with E-state index >= 15 is 0 Å². The lowest BCUT2D eigenvalue weighted by Gasteiger charge is -2.02. The summed E-state index contributed by atoms with van der Waals surface area (Å²) < 4.78 is 54.1. The first-order valence-corrected chi connectivity index (χ1v) is 6.75. The van der Waals surface area contributed by atoms with Gasteiger partial charge in [-0.05, 0) is 12.1 Å². The zero-order valence-electron chi connectivity index (χ0n) is 10.2. The van der Waals surface area contributed by atoms with Gasteiger partial charge >= 0.3 is 12.1 Å². The number of nitrogens with two attached hydrogens (primary N) is 1. The zero-order chi connectivity index (χ0) is 16.3. The van der Waals surface area contributed by atoms with Crippen molar-refractivity contribution in [2.75, 3.05) is 0 Å². The normalized spacial score (nSPS) is 11.6. The summed E-state index contributed by atoms with van der Waals surface area (Å²) >= 11 is 0. The molecule has 0 aliphatic rings. The van der Waals surface area contributed by atoms with Crippen LogP contribution in [0.15, 0.2) is 41.4 Å². The molecule has 0 spiro atoms. The van der Waals surface area contributed by atoms with Crippen molar-refractivity contribution in [2.45, 2.75) is 11.1 Å². The molecule has 0 aliphatic heterocycles. The molecule has 0 unspecified atom stereocenters. The lowest BCUT2D eigenvalue weighted by molar-refractivity contribution is -0.192. The number of hydrogen-bond acceptors (Lipinski definition) is 4. The minimum atomic E-state index is -5.08. The molecule has 10 heteroatoms. The summed E-state index contributed by atoms with van der Waals surface area (Å²) in [5.41, 5.74) is 0.624. The average molecular weight is 322 g/mol. The second kappa shape index (κ2) is 6.06. The highest BCUT2D eigenvalue weighted by Gasteiger charge is 2.38. The molecule has 0 radical (unpaired) electrons. The van der Waals surface area contributed by atoms with Crippen LogP contribution >= 0.6 is 0 Å². The molecule has 2 rings (SSSR count). The van der Waals surface area contributed by atoms with Crippen LogP contribution in [0.4, 0.5) is 13.2 Å². The number of hydrogen-bond donors (Lipinski definition) is 2. The number of pyridine rings is 1. The Labute approximate surface area is 117 Å². The monoisotopic (exact) mass is 322 g/mol. The van der Waals surface area contributed by atoms with E-state index in [4.69, 9.17) is 15.0 Å². The van der Waals surface area contributed by atoms with Gasteiger partial charge in [-0.25, -0.2) is 18.4 Å². The topological polar surface area (TPSA) is 110 Å². The van der Waals surface area contributed by atoms with E-state index in [1.807, 2.05) is 0 Å². The molecule has 0 saturated heterocycles. The van der Waals surface area contributed by atoms with Crippen LogP contribution in [0.2, 0.25) is 0 Å². The van der Waals surface area contributed by atoms with Crippen LogP contribution < -0.4 is 5.14 Å². The van der Waals surface area contributed by atoms with Crippen LogP contribution in [0.3, 0.4) is 0 Å². The number of aromatic nitrogens is 1. The van der Waals surface area contributed by atoms with E-state index in [2.05, 4.69) is 4.98 Å². The van der Waals surface area contributed by atoms with Crippen molar-refractivity contribution in [2.24, 2.45) is 5.14 Å². The number of para-hydroxylation sites is 1. The fourth-order valence-corrected chi connectivity index (χ4v) is 2.05. The van der Waals surface area contributed by atoms with Crippen LogP contribution in [-0.4, -0.2) is 30.7 Å². The van der Waals surface area contributed by atoms with Crippen molar-refractivity contribution in [3.63, 3.8) is 0 Å². The number of carbonyl (C=O) groups is 1. The number of aliphatic carboxylic acids is 1. The fourth-order valence-electron chi connectivity index (χ4n) is 1.32. The molecule has 0 bridgehead atoms. The molecule has 0 atom stereocenters. The quantitative estimate of drug-likeness (QED) is 0.827. The zero-order valence-corrected chi connectivity index (χ0v) is 11.0. The van der Waals surface area contributed by atoms with Crippen LogP contribution in [-0.2, 0) is 14.8 Å². The number of carboxylic acids is 1. The van der Waals surface area contributed by atoms with Crippen LogP contribution in [0.5, 0.6) is 0 Å².